The van der Waals surface area contributed by atoms with E-state index >= 15 is 0 Å². The molecule has 10 heteroatoms. The van der Waals surface area contributed by atoms with Gasteiger partial charge in [0.05, 0.1) is 6.20 Å². The summed E-state index contributed by atoms with van der Waals surface area (Å²) in [6.07, 6.45) is 1.63. The zero-order valence-corrected chi connectivity index (χ0v) is 15.4. The molecule has 0 unspecified atom stereocenters. The molecule has 10 nitrogen and oxygen atoms in total. The lowest BCUT2D eigenvalue weighted by Gasteiger charge is -2.34. The lowest BCUT2D eigenvalue weighted by Crippen LogP contribution is -2.49. The molecule has 2 aliphatic heterocycles. The largest absolute Gasteiger partial charge is 0.454 e. The summed E-state index contributed by atoms with van der Waals surface area (Å²) in [6.45, 7) is 1.96. The lowest BCUT2D eigenvalue weighted by atomic mass is 10.1. The molecule has 0 bridgehead atoms. The van der Waals surface area contributed by atoms with Gasteiger partial charge in [0.1, 0.15) is 0 Å². The molecule has 2 aliphatic rings. The fourth-order valence-electron chi connectivity index (χ4n) is 3.69. The first-order valence-electron chi connectivity index (χ1n) is 9.17. The van der Waals surface area contributed by atoms with Crippen molar-refractivity contribution in [3.05, 3.63) is 58.3 Å². The van der Waals surface area contributed by atoms with Gasteiger partial charge in [0, 0.05) is 37.8 Å². The summed E-state index contributed by atoms with van der Waals surface area (Å²) >= 11 is 0. The molecule has 29 heavy (non-hydrogen) atoms. The van der Waals surface area contributed by atoms with Crippen molar-refractivity contribution in [1.29, 1.82) is 0 Å². The van der Waals surface area contributed by atoms with E-state index in [1.165, 1.54) is 4.40 Å². The van der Waals surface area contributed by atoms with Crippen LogP contribution in [0.4, 0.5) is 11.6 Å². The molecule has 148 valence electrons. The van der Waals surface area contributed by atoms with Crippen LogP contribution in [0.3, 0.4) is 0 Å². The summed E-state index contributed by atoms with van der Waals surface area (Å²) in [5.74, 6) is 1.36. The van der Waals surface area contributed by atoms with Gasteiger partial charge in [-0.15, -0.1) is 0 Å². The number of nitro groups is 1. The second-order valence-electron chi connectivity index (χ2n) is 6.79. The number of pyridine rings is 1. The van der Waals surface area contributed by atoms with Gasteiger partial charge in [-0.3, -0.25) is 4.79 Å². The summed E-state index contributed by atoms with van der Waals surface area (Å²) in [5.41, 5.74) is 1.05. The van der Waals surface area contributed by atoms with Crippen molar-refractivity contribution in [3.63, 3.8) is 0 Å². The third-order valence-electron chi connectivity index (χ3n) is 5.15. The van der Waals surface area contributed by atoms with Crippen LogP contribution in [-0.4, -0.2) is 58.1 Å². The predicted octanol–water partition coefficient (Wildman–Crippen LogP) is 1.93. The number of ether oxygens (including phenoxy) is 2. The van der Waals surface area contributed by atoms with Crippen molar-refractivity contribution in [2.24, 2.45) is 0 Å². The zero-order chi connectivity index (χ0) is 20.0. The number of aromatic nitrogens is 2. The minimum atomic E-state index is -0.417. The van der Waals surface area contributed by atoms with Crippen molar-refractivity contribution >= 4 is 23.2 Å². The standard InChI is InChI=1S/C19H17N5O5/c25-19(13-4-5-14-15(11-13)29-12-28-14)22-9-7-21(8-10-22)17-18(24(26)27)23-6-2-1-3-16(23)20-17/h1-6,11H,7-10,12H2. The van der Waals surface area contributed by atoms with Gasteiger partial charge >= 0.3 is 5.82 Å². The number of benzene rings is 1. The van der Waals surface area contributed by atoms with E-state index in [0.717, 1.165) is 0 Å². The van der Waals surface area contributed by atoms with Crippen LogP contribution in [-0.2, 0) is 0 Å². The Morgan fingerprint density at radius 3 is 2.66 bits per heavy atom. The molecule has 0 atom stereocenters. The van der Waals surface area contributed by atoms with Crippen LogP contribution < -0.4 is 14.4 Å². The van der Waals surface area contributed by atoms with Gasteiger partial charge < -0.3 is 29.4 Å². The molecular weight excluding hydrogens is 378 g/mol. The SMILES string of the molecule is O=C(c1ccc2c(c1)OCO2)N1CCN(c2nc3ccccn3c2[N+](=O)[O-])CC1. The molecule has 2 aromatic heterocycles. The Hall–Kier alpha value is -3.82. The van der Waals surface area contributed by atoms with Gasteiger partial charge in [0.25, 0.3) is 5.91 Å². The van der Waals surface area contributed by atoms with Crippen molar-refractivity contribution in [3.8, 4) is 11.5 Å². The molecular formula is C19H17N5O5. The number of imidazole rings is 1. The molecule has 1 saturated heterocycles. The maximum Gasteiger partial charge on any atom is 0.372 e. The second-order valence-corrected chi connectivity index (χ2v) is 6.79. The first kappa shape index (κ1) is 17.3. The Bertz CT molecular complexity index is 1120. The Labute approximate surface area is 165 Å². The highest BCUT2D eigenvalue weighted by Crippen LogP contribution is 2.33. The highest BCUT2D eigenvalue weighted by molar-refractivity contribution is 5.95. The Balaban J connectivity index is 1.34. The van der Waals surface area contributed by atoms with Crippen LogP contribution in [0.5, 0.6) is 11.5 Å². The highest BCUT2D eigenvalue weighted by atomic mass is 16.7. The molecule has 1 fully saturated rings. The maximum atomic E-state index is 12.8. The molecule has 0 spiro atoms. The van der Waals surface area contributed by atoms with Crippen molar-refractivity contribution < 1.29 is 19.2 Å². The molecule has 3 aromatic rings. The van der Waals surface area contributed by atoms with Crippen molar-refractivity contribution in [1.82, 2.24) is 14.3 Å². The van der Waals surface area contributed by atoms with Crippen LogP contribution in [0, 0.1) is 10.1 Å². The van der Waals surface area contributed by atoms with Crippen LogP contribution in [0.15, 0.2) is 42.6 Å². The second kappa shape index (κ2) is 6.66. The third kappa shape index (κ3) is 2.89. The molecule has 0 N–H and O–H groups in total. The minimum Gasteiger partial charge on any atom is -0.454 e. The lowest BCUT2D eigenvalue weighted by molar-refractivity contribution is -0.389. The van der Waals surface area contributed by atoms with E-state index in [1.807, 2.05) is 4.90 Å². The van der Waals surface area contributed by atoms with Gasteiger partial charge in [-0.05, 0) is 29.2 Å². The van der Waals surface area contributed by atoms with Crippen molar-refractivity contribution in [2.45, 2.75) is 0 Å². The van der Waals surface area contributed by atoms with Crippen molar-refractivity contribution in [2.75, 3.05) is 37.9 Å². The van der Waals surface area contributed by atoms with E-state index in [1.54, 1.807) is 47.5 Å². The fourth-order valence-corrected chi connectivity index (χ4v) is 3.69. The van der Waals surface area contributed by atoms with Crippen LogP contribution >= 0.6 is 0 Å². The molecule has 0 radical (unpaired) electrons. The number of carbonyl (C=O) groups is 1. The fraction of sp³-hybridized carbons (Fsp3) is 0.263. The number of carbonyl (C=O) groups excluding carboxylic acids is 1. The first-order valence-corrected chi connectivity index (χ1v) is 9.17. The molecule has 5 rings (SSSR count). The minimum absolute atomic E-state index is 0.0591. The van der Waals surface area contributed by atoms with Crippen LogP contribution in [0.2, 0.25) is 0 Å². The Morgan fingerprint density at radius 2 is 1.86 bits per heavy atom. The maximum absolute atomic E-state index is 12.8. The number of hydrogen-bond donors (Lipinski definition) is 0. The summed E-state index contributed by atoms with van der Waals surface area (Å²) < 4.78 is 12.1. The van der Waals surface area contributed by atoms with Gasteiger partial charge in [-0.25, -0.2) is 0 Å². The normalized spacial score (nSPS) is 15.7. The van der Waals surface area contributed by atoms with E-state index < -0.39 is 4.92 Å². The van der Waals surface area contributed by atoms with E-state index in [2.05, 4.69) is 4.98 Å². The third-order valence-corrected chi connectivity index (χ3v) is 5.15. The number of fused-ring (bicyclic) bond motifs is 2. The van der Waals surface area contributed by atoms with Gasteiger partial charge in [-0.1, -0.05) is 6.07 Å². The molecule has 0 saturated carbocycles. The first-order chi connectivity index (χ1) is 14.1. The number of hydrogen-bond acceptors (Lipinski definition) is 7. The number of amides is 1. The Morgan fingerprint density at radius 1 is 1.07 bits per heavy atom. The monoisotopic (exact) mass is 395 g/mol. The average molecular weight is 395 g/mol. The highest BCUT2D eigenvalue weighted by Gasteiger charge is 2.31. The number of rotatable bonds is 3. The van der Waals surface area contributed by atoms with Gasteiger partial charge in [0.15, 0.2) is 11.5 Å². The summed E-state index contributed by atoms with van der Waals surface area (Å²) in [7, 11) is 0. The predicted molar refractivity (Wildman–Crippen MR) is 103 cm³/mol. The number of anilines is 1. The van der Waals surface area contributed by atoms with Gasteiger partial charge in [0.2, 0.25) is 18.3 Å². The van der Waals surface area contributed by atoms with Crippen LogP contribution in [0.25, 0.3) is 5.65 Å². The number of piperazine rings is 1. The van der Waals surface area contributed by atoms with Crippen LogP contribution in [0.1, 0.15) is 10.4 Å². The smallest absolute Gasteiger partial charge is 0.372 e. The summed E-state index contributed by atoms with van der Waals surface area (Å²) in [5, 5.41) is 11.6. The topological polar surface area (TPSA) is 102 Å². The molecule has 0 aliphatic carbocycles. The van der Waals surface area contributed by atoms with E-state index in [-0.39, 0.29) is 18.5 Å². The molecule has 1 aromatic carbocycles. The number of nitrogens with zero attached hydrogens (tertiary/aromatic N) is 5. The zero-order valence-electron chi connectivity index (χ0n) is 15.4. The van der Waals surface area contributed by atoms with E-state index in [0.29, 0.717) is 54.7 Å². The van der Waals surface area contributed by atoms with E-state index in [9.17, 15) is 14.9 Å². The Kier molecular flexibility index (Phi) is 3.97. The molecule has 4 heterocycles. The quantitative estimate of drug-likeness (QED) is 0.493. The summed E-state index contributed by atoms with van der Waals surface area (Å²) in [6, 6.07) is 10.4. The van der Waals surface area contributed by atoms with Gasteiger partial charge in [-0.2, -0.15) is 9.38 Å². The summed E-state index contributed by atoms with van der Waals surface area (Å²) in [4.78, 5) is 32.1. The van der Waals surface area contributed by atoms with E-state index in [4.69, 9.17) is 9.47 Å². The molecule has 1 amide bonds. The average Bonchev–Trinajstić information content (AvgIpc) is 3.37.